The van der Waals surface area contributed by atoms with E-state index in [1.165, 1.54) is 36.5 Å². The van der Waals surface area contributed by atoms with Gasteiger partial charge >= 0.3 is 0 Å². The zero-order valence-electron chi connectivity index (χ0n) is 16.0. The van der Waals surface area contributed by atoms with Crippen LogP contribution in [0.25, 0.3) is 11.3 Å². The summed E-state index contributed by atoms with van der Waals surface area (Å²) in [5.41, 5.74) is 2.77. The minimum absolute atomic E-state index is 0. The molecule has 0 aliphatic carbocycles. The maximum atomic E-state index is 12.8. The van der Waals surface area contributed by atoms with Gasteiger partial charge in [0.1, 0.15) is 6.20 Å². The summed E-state index contributed by atoms with van der Waals surface area (Å²) < 4.78 is 4.39. The van der Waals surface area contributed by atoms with E-state index < -0.39 is 4.92 Å². The first-order valence-electron chi connectivity index (χ1n) is 9.58. The molecule has 2 heterocycles. The van der Waals surface area contributed by atoms with E-state index in [4.69, 9.17) is 0 Å². The van der Waals surface area contributed by atoms with E-state index in [0.29, 0.717) is 5.56 Å². The second kappa shape index (κ2) is 9.13. The first-order chi connectivity index (χ1) is 13.6. The van der Waals surface area contributed by atoms with Crippen LogP contribution in [0.15, 0.2) is 60.8 Å². The van der Waals surface area contributed by atoms with E-state index in [1.54, 1.807) is 0 Å². The molecule has 0 atom stereocenters. The van der Waals surface area contributed by atoms with E-state index in [-0.39, 0.29) is 35.0 Å². The number of fused-ring (bicyclic) bond motifs is 1. The van der Waals surface area contributed by atoms with Crippen LogP contribution in [0.2, 0.25) is 0 Å². The fraction of sp³-hybridized carbons (Fsp3) is 0.273. The Morgan fingerprint density at radius 1 is 1.03 bits per heavy atom. The Morgan fingerprint density at radius 3 is 2.45 bits per heavy atom. The van der Waals surface area contributed by atoms with Crippen molar-refractivity contribution in [2.24, 2.45) is 0 Å². The lowest BCUT2D eigenvalue weighted by molar-refractivity contribution is -0.690. The van der Waals surface area contributed by atoms with Crippen molar-refractivity contribution in [1.82, 2.24) is 4.57 Å². The van der Waals surface area contributed by atoms with Gasteiger partial charge in [0.25, 0.3) is 11.5 Å². The number of Topliss-reactive ketones (excluding diaryl/α,β-unsaturated/α-hetero) is 1. The Hall–Kier alpha value is -2.80. The van der Waals surface area contributed by atoms with Crippen LogP contribution < -0.4 is 21.5 Å². The number of non-ortho nitro benzene ring substituents is 1. The number of carbonyl (C=O) groups is 1. The van der Waals surface area contributed by atoms with Gasteiger partial charge in [0.05, 0.1) is 11.5 Å². The van der Waals surface area contributed by atoms with Crippen LogP contribution in [0.3, 0.4) is 0 Å². The van der Waals surface area contributed by atoms with Crippen LogP contribution in [-0.2, 0) is 19.5 Å². The maximum Gasteiger partial charge on any atom is 0.269 e. The van der Waals surface area contributed by atoms with E-state index in [9.17, 15) is 14.9 Å². The van der Waals surface area contributed by atoms with Crippen molar-refractivity contribution in [3.8, 4) is 11.3 Å². The molecule has 3 aromatic rings. The van der Waals surface area contributed by atoms with Gasteiger partial charge < -0.3 is 17.0 Å². The maximum absolute atomic E-state index is 12.8. The highest BCUT2D eigenvalue weighted by Crippen LogP contribution is 2.24. The molecule has 1 aliphatic rings. The molecule has 0 spiro atoms. The zero-order chi connectivity index (χ0) is 19.5. The lowest BCUT2D eigenvalue weighted by Gasteiger charge is -2.03. The molecule has 29 heavy (non-hydrogen) atoms. The Bertz CT molecular complexity index is 1010. The van der Waals surface area contributed by atoms with Crippen molar-refractivity contribution in [3.05, 3.63) is 82.3 Å². The van der Waals surface area contributed by atoms with Crippen LogP contribution in [0.5, 0.6) is 0 Å². The molecule has 0 fully saturated rings. The number of hydrogen-bond donors (Lipinski definition) is 0. The number of carbonyl (C=O) groups excluding carboxylic acids is 1. The molecule has 7 heteroatoms. The number of aromatic nitrogens is 2. The number of ketones is 1. The van der Waals surface area contributed by atoms with Gasteiger partial charge in [0.15, 0.2) is 12.2 Å². The molecule has 0 unspecified atom stereocenters. The third kappa shape index (κ3) is 4.45. The third-order valence-corrected chi connectivity index (χ3v) is 5.28. The van der Waals surface area contributed by atoms with Crippen molar-refractivity contribution in [2.45, 2.75) is 38.8 Å². The molecule has 0 N–H and O–H groups in total. The molecular weight excluding hydrogens is 434 g/mol. The SMILES string of the molecule is O=C(C[n+]1cc(-c2ccccc2)n2c1CCCCC2)c1ccc([N+](=O)[O-])cc1.[Br-]. The number of rotatable bonds is 5. The molecule has 0 radical (unpaired) electrons. The predicted octanol–water partition coefficient (Wildman–Crippen LogP) is 0.964. The fourth-order valence-electron chi connectivity index (χ4n) is 3.84. The molecule has 1 aromatic heterocycles. The summed E-state index contributed by atoms with van der Waals surface area (Å²) in [6.07, 6.45) is 6.45. The second-order valence-electron chi connectivity index (χ2n) is 7.11. The number of nitrogens with zero attached hydrogens (tertiary/aromatic N) is 3. The van der Waals surface area contributed by atoms with E-state index in [1.807, 2.05) is 18.2 Å². The van der Waals surface area contributed by atoms with Crippen LogP contribution in [0.1, 0.15) is 35.4 Å². The minimum atomic E-state index is -0.455. The first kappa shape index (κ1) is 20.9. The van der Waals surface area contributed by atoms with Crippen LogP contribution in [0.4, 0.5) is 5.69 Å². The summed E-state index contributed by atoms with van der Waals surface area (Å²) in [7, 11) is 0. The van der Waals surface area contributed by atoms with Gasteiger partial charge in [0, 0.05) is 29.7 Å². The molecule has 0 saturated heterocycles. The van der Waals surface area contributed by atoms with Crippen LogP contribution in [0, 0.1) is 10.1 Å². The number of halogens is 1. The summed E-state index contributed by atoms with van der Waals surface area (Å²) in [6.45, 7) is 1.19. The lowest BCUT2D eigenvalue weighted by atomic mass is 10.1. The van der Waals surface area contributed by atoms with Crippen molar-refractivity contribution in [3.63, 3.8) is 0 Å². The van der Waals surface area contributed by atoms with E-state index in [0.717, 1.165) is 37.1 Å². The number of hydrogen-bond acceptors (Lipinski definition) is 3. The summed E-state index contributed by atoms with van der Waals surface area (Å²) in [6, 6.07) is 16.1. The molecule has 0 saturated carbocycles. The molecule has 0 amide bonds. The quantitative estimate of drug-likeness (QED) is 0.249. The third-order valence-electron chi connectivity index (χ3n) is 5.28. The average molecular weight is 456 g/mol. The predicted molar refractivity (Wildman–Crippen MR) is 105 cm³/mol. The summed E-state index contributed by atoms with van der Waals surface area (Å²) >= 11 is 0. The number of benzene rings is 2. The molecule has 6 nitrogen and oxygen atoms in total. The highest BCUT2D eigenvalue weighted by molar-refractivity contribution is 5.95. The Morgan fingerprint density at radius 2 is 1.76 bits per heavy atom. The van der Waals surface area contributed by atoms with E-state index in [2.05, 4.69) is 27.5 Å². The van der Waals surface area contributed by atoms with Crippen LogP contribution in [-0.4, -0.2) is 15.3 Å². The average Bonchev–Trinajstić information content (AvgIpc) is 2.89. The fourth-order valence-corrected chi connectivity index (χ4v) is 3.84. The van der Waals surface area contributed by atoms with Gasteiger partial charge in [-0.15, -0.1) is 0 Å². The highest BCUT2D eigenvalue weighted by Gasteiger charge is 2.27. The summed E-state index contributed by atoms with van der Waals surface area (Å²) in [5, 5.41) is 10.8. The minimum Gasteiger partial charge on any atom is -1.00 e. The molecule has 150 valence electrons. The topological polar surface area (TPSA) is 69.0 Å². The molecule has 4 rings (SSSR count). The van der Waals surface area contributed by atoms with Gasteiger partial charge in [0.2, 0.25) is 5.78 Å². The monoisotopic (exact) mass is 455 g/mol. The smallest absolute Gasteiger partial charge is 0.269 e. The van der Waals surface area contributed by atoms with Crippen LogP contribution >= 0.6 is 0 Å². The largest absolute Gasteiger partial charge is 1.00 e. The second-order valence-corrected chi connectivity index (χ2v) is 7.11. The van der Waals surface area contributed by atoms with Gasteiger partial charge in [-0.2, -0.15) is 0 Å². The Kier molecular flexibility index (Phi) is 6.59. The van der Waals surface area contributed by atoms with Gasteiger partial charge in [-0.1, -0.05) is 30.3 Å². The van der Waals surface area contributed by atoms with Gasteiger partial charge in [-0.05, 0) is 31.4 Å². The molecule has 1 aliphatic heterocycles. The van der Waals surface area contributed by atoms with E-state index >= 15 is 0 Å². The number of nitro benzene ring substituents is 1. The molecular formula is C22H22BrN3O3. The lowest BCUT2D eigenvalue weighted by Crippen LogP contribution is -3.00. The van der Waals surface area contributed by atoms with Gasteiger partial charge in [-0.25, -0.2) is 9.13 Å². The molecule has 2 aromatic carbocycles. The van der Waals surface area contributed by atoms with Crippen molar-refractivity contribution >= 4 is 11.5 Å². The standard InChI is InChI=1S/C22H22N3O3.BrH/c26-21(18-10-12-19(13-11-18)25(27)28)16-23-15-20(17-7-3-1-4-8-17)24-14-6-2-5-9-22(23)24;/h1,3-4,7-8,10-13,15H,2,5-6,9,14,16H2;1H/q+1;/p-1. The van der Waals surface area contributed by atoms with Crippen molar-refractivity contribution in [1.29, 1.82) is 0 Å². The first-order valence-corrected chi connectivity index (χ1v) is 9.58. The Labute approximate surface area is 179 Å². The molecule has 0 bridgehead atoms. The number of nitro groups is 1. The summed E-state index contributed by atoms with van der Waals surface area (Å²) in [4.78, 5) is 23.2. The Balaban J connectivity index is 0.00000240. The zero-order valence-corrected chi connectivity index (χ0v) is 17.5. The highest BCUT2D eigenvalue weighted by atomic mass is 79.9. The summed E-state index contributed by atoms with van der Waals surface area (Å²) in [5.74, 6) is 1.13. The van der Waals surface area contributed by atoms with Crippen molar-refractivity contribution < 1.29 is 31.3 Å². The van der Waals surface area contributed by atoms with Crippen molar-refractivity contribution in [2.75, 3.05) is 0 Å². The number of imidazole rings is 1. The normalized spacial score (nSPS) is 13.1. The van der Waals surface area contributed by atoms with Gasteiger partial charge in [-0.3, -0.25) is 14.9 Å².